The van der Waals surface area contributed by atoms with Gasteiger partial charge >= 0.3 is 0 Å². The Hall–Kier alpha value is -0.0831. The van der Waals surface area contributed by atoms with Crippen LogP contribution in [-0.2, 0) is 9.22 Å². The lowest BCUT2D eigenvalue weighted by Crippen LogP contribution is -2.60. The van der Waals surface area contributed by atoms with Crippen LogP contribution in [0.1, 0.15) is 41.5 Å². The van der Waals surface area contributed by atoms with Crippen LogP contribution in [0.3, 0.4) is 0 Å². The third kappa shape index (κ3) is 5.00. The van der Waals surface area contributed by atoms with Gasteiger partial charge in [0.2, 0.25) is 5.91 Å². The van der Waals surface area contributed by atoms with Crippen LogP contribution in [0.2, 0.25) is 18.1 Å². The van der Waals surface area contributed by atoms with E-state index in [1.807, 2.05) is 20.8 Å². The average molecular weight is 388 g/mol. The van der Waals surface area contributed by atoms with Crippen molar-refractivity contribution in [1.82, 2.24) is 15.5 Å². The van der Waals surface area contributed by atoms with Gasteiger partial charge in [-0.15, -0.1) is 0 Å². The SMILES string of the molecule is CC(C)(C)NC(=O)[C@@H]1N[C@H](CS)CN2[C@H]1[C@H]2CO[Si](C)(C)C(C)(C)C. The first-order valence-corrected chi connectivity index (χ1v) is 12.9. The van der Waals surface area contributed by atoms with Crippen LogP contribution < -0.4 is 10.6 Å². The van der Waals surface area contributed by atoms with Crippen molar-refractivity contribution >= 4 is 26.9 Å². The number of piperazine rings is 1. The molecule has 25 heavy (non-hydrogen) atoms. The van der Waals surface area contributed by atoms with Gasteiger partial charge in [-0.2, -0.15) is 12.6 Å². The Morgan fingerprint density at radius 1 is 1.28 bits per heavy atom. The lowest BCUT2D eigenvalue weighted by Gasteiger charge is -2.36. The van der Waals surface area contributed by atoms with Crippen LogP contribution in [0.15, 0.2) is 0 Å². The molecule has 0 aliphatic carbocycles. The third-order valence-corrected chi connectivity index (χ3v) is 10.7. The van der Waals surface area contributed by atoms with Gasteiger partial charge in [0.25, 0.3) is 0 Å². The Balaban J connectivity index is 2.03. The monoisotopic (exact) mass is 387 g/mol. The Bertz CT molecular complexity index is 502. The molecule has 146 valence electrons. The molecule has 2 fully saturated rings. The van der Waals surface area contributed by atoms with Crippen molar-refractivity contribution in [1.29, 1.82) is 0 Å². The molecule has 2 aliphatic heterocycles. The summed E-state index contributed by atoms with van der Waals surface area (Å²) >= 11 is 4.44. The van der Waals surface area contributed by atoms with Gasteiger partial charge in [-0.3, -0.25) is 15.0 Å². The first-order valence-electron chi connectivity index (χ1n) is 9.35. The minimum atomic E-state index is -1.77. The van der Waals surface area contributed by atoms with Crippen molar-refractivity contribution in [3.8, 4) is 0 Å². The van der Waals surface area contributed by atoms with Crippen LogP contribution in [0, 0.1) is 0 Å². The van der Waals surface area contributed by atoms with Crippen molar-refractivity contribution in [2.75, 3.05) is 18.9 Å². The zero-order valence-corrected chi connectivity index (χ0v) is 19.0. The van der Waals surface area contributed by atoms with Crippen molar-refractivity contribution in [2.45, 2.75) is 89.4 Å². The molecule has 0 aromatic rings. The molecule has 1 amide bonds. The highest BCUT2D eigenvalue weighted by Gasteiger charge is 2.58. The number of hydrogen-bond donors (Lipinski definition) is 3. The predicted octanol–water partition coefficient (Wildman–Crippen LogP) is 2.25. The summed E-state index contributed by atoms with van der Waals surface area (Å²) in [4.78, 5) is 15.2. The highest BCUT2D eigenvalue weighted by molar-refractivity contribution is 7.80. The summed E-state index contributed by atoms with van der Waals surface area (Å²) in [5, 5.41) is 6.83. The first-order chi connectivity index (χ1) is 11.3. The second-order valence-electron chi connectivity index (χ2n) is 10.1. The van der Waals surface area contributed by atoms with Gasteiger partial charge in [-0.1, -0.05) is 20.8 Å². The molecule has 2 heterocycles. The van der Waals surface area contributed by atoms with Crippen molar-refractivity contribution in [3.63, 3.8) is 0 Å². The molecular formula is C18H37N3O2SSi. The van der Waals surface area contributed by atoms with Crippen LogP contribution in [0.25, 0.3) is 0 Å². The highest BCUT2D eigenvalue weighted by Crippen LogP contribution is 2.40. The zero-order chi connectivity index (χ0) is 19.2. The van der Waals surface area contributed by atoms with Crippen molar-refractivity contribution in [2.24, 2.45) is 0 Å². The summed E-state index contributed by atoms with van der Waals surface area (Å²) in [5.74, 6) is 0.821. The lowest BCUT2D eigenvalue weighted by atomic mass is 10.0. The molecule has 7 heteroatoms. The van der Waals surface area contributed by atoms with E-state index in [1.165, 1.54) is 0 Å². The molecule has 2 N–H and O–H groups in total. The maximum absolute atomic E-state index is 12.8. The molecule has 0 saturated carbocycles. The van der Waals surface area contributed by atoms with E-state index < -0.39 is 8.32 Å². The number of rotatable bonds is 5. The second kappa shape index (κ2) is 7.15. The van der Waals surface area contributed by atoms with E-state index in [1.54, 1.807) is 0 Å². The molecule has 0 aromatic carbocycles. The summed E-state index contributed by atoms with van der Waals surface area (Å²) in [6.45, 7) is 19.1. The second-order valence-corrected chi connectivity index (χ2v) is 15.3. The predicted molar refractivity (Wildman–Crippen MR) is 110 cm³/mol. The molecule has 1 unspecified atom stereocenters. The van der Waals surface area contributed by atoms with Crippen LogP contribution >= 0.6 is 12.6 Å². The molecule has 5 atom stereocenters. The quantitative estimate of drug-likeness (QED) is 0.385. The standard InChI is InChI=1S/C18H37N3O2SSi/c1-17(2,3)20-16(22)14-15-13(21(15)9-12(11-24)19-14)10-23-25(7,8)18(4,5)6/h12-15,19,24H,9-11H2,1-8H3,(H,20,22)/t12-,13+,14+,15-,21?/m0/s1. The maximum atomic E-state index is 12.8. The number of carbonyl (C=O) groups is 1. The van der Waals surface area contributed by atoms with E-state index in [4.69, 9.17) is 4.43 Å². The third-order valence-electron chi connectivity index (χ3n) is 5.72. The zero-order valence-electron chi connectivity index (χ0n) is 17.1. The molecule has 0 bridgehead atoms. The van der Waals surface area contributed by atoms with E-state index in [0.29, 0.717) is 6.04 Å². The number of nitrogens with zero attached hydrogens (tertiary/aromatic N) is 1. The molecular weight excluding hydrogens is 350 g/mol. The van der Waals surface area contributed by atoms with Gasteiger partial charge in [-0.25, -0.2) is 0 Å². The topological polar surface area (TPSA) is 53.4 Å². The fraction of sp³-hybridized carbons (Fsp3) is 0.944. The van der Waals surface area contributed by atoms with Gasteiger partial charge in [0, 0.05) is 29.9 Å². The smallest absolute Gasteiger partial charge is 0.239 e. The summed E-state index contributed by atoms with van der Waals surface area (Å²) in [6, 6.07) is 0.636. The summed E-state index contributed by atoms with van der Waals surface area (Å²) in [5.41, 5.74) is -0.223. The Kier molecular flexibility index (Phi) is 6.07. The van der Waals surface area contributed by atoms with Gasteiger partial charge in [0.15, 0.2) is 8.32 Å². The molecule has 5 nitrogen and oxygen atoms in total. The van der Waals surface area contributed by atoms with Crippen molar-refractivity contribution in [3.05, 3.63) is 0 Å². The number of hydrogen-bond acceptors (Lipinski definition) is 5. The van der Waals surface area contributed by atoms with E-state index in [0.717, 1.165) is 18.9 Å². The van der Waals surface area contributed by atoms with Crippen molar-refractivity contribution < 1.29 is 9.22 Å². The first kappa shape index (κ1) is 21.2. The molecule has 2 rings (SSSR count). The number of carbonyl (C=O) groups excluding carboxylic acids is 1. The Labute approximate surface area is 160 Å². The Morgan fingerprint density at radius 2 is 1.88 bits per heavy atom. The minimum Gasteiger partial charge on any atom is -0.415 e. The van der Waals surface area contributed by atoms with Crippen LogP contribution in [0.5, 0.6) is 0 Å². The highest BCUT2D eigenvalue weighted by atomic mass is 32.1. The minimum absolute atomic E-state index is 0.0869. The van der Waals surface area contributed by atoms with Gasteiger partial charge in [-0.05, 0) is 38.9 Å². The fourth-order valence-electron chi connectivity index (χ4n) is 3.18. The van der Waals surface area contributed by atoms with Crippen LogP contribution in [-0.4, -0.2) is 67.7 Å². The summed E-state index contributed by atoms with van der Waals surface area (Å²) < 4.78 is 6.43. The summed E-state index contributed by atoms with van der Waals surface area (Å²) in [6.07, 6.45) is 0. The van der Waals surface area contributed by atoms with Crippen LogP contribution in [0.4, 0.5) is 0 Å². The van der Waals surface area contributed by atoms with E-state index in [-0.39, 0.29) is 34.6 Å². The molecule has 0 aromatic heterocycles. The largest absolute Gasteiger partial charge is 0.415 e. The van der Waals surface area contributed by atoms with E-state index in [9.17, 15) is 4.79 Å². The number of amides is 1. The van der Waals surface area contributed by atoms with Gasteiger partial charge in [0.1, 0.15) is 6.04 Å². The fourth-order valence-corrected chi connectivity index (χ4v) is 4.42. The lowest BCUT2D eigenvalue weighted by molar-refractivity contribution is -0.125. The van der Waals surface area contributed by atoms with E-state index >= 15 is 0 Å². The average Bonchev–Trinajstić information content (AvgIpc) is 3.14. The maximum Gasteiger partial charge on any atom is 0.239 e. The Morgan fingerprint density at radius 3 is 2.36 bits per heavy atom. The summed E-state index contributed by atoms with van der Waals surface area (Å²) in [7, 11) is -1.77. The molecule has 0 spiro atoms. The number of nitrogens with one attached hydrogen (secondary N) is 2. The van der Waals surface area contributed by atoms with Gasteiger partial charge in [0.05, 0.1) is 12.6 Å². The number of fused-ring (bicyclic) bond motifs is 1. The number of thiol groups is 1. The van der Waals surface area contributed by atoms with Gasteiger partial charge < -0.3 is 9.74 Å². The normalized spacial score (nSPS) is 32.9. The molecule has 2 aliphatic rings. The molecule has 0 radical (unpaired) electrons. The molecule has 2 saturated heterocycles. The van der Waals surface area contributed by atoms with E-state index in [2.05, 4.69) is 62.0 Å².